The van der Waals surface area contributed by atoms with Crippen molar-refractivity contribution in [2.45, 2.75) is 51.7 Å². The van der Waals surface area contributed by atoms with Crippen molar-refractivity contribution in [2.24, 2.45) is 0 Å². The Bertz CT molecular complexity index is 612. The molecule has 1 N–H and O–H groups in total. The fourth-order valence-corrected chi connectivity index (χ4v) is 3.70. The van der Waals surface area contributed by atoms with Crippen LogP contribution >= 0.6 is 12.4 Å². The fourth-order valence-electron chi connectivity index (χ4n) is 3.70. The number of benzene rings is 1. The van der Waals surface area contributed by atoms with E-state index in [1.807, 2.05) is 35.0 Å². The van der Waals surface area contributed by atoms with E-state index in [4.69, 9.17) is 5.11 Å². The van der Waals surface area contributed by atoms with Crippen LogP contribution in [0.3, 0.4) is 0 Å². The summed E-state index contributed by atoms with van der Waals surface area (Å²) < 4.78 is 0. The molecule has 158 valence electrons. The second-order valence-electron chi connectivity index (χ2n) is 7.77. The van der Waals surface area contributed by atoms with E-state index >= 15 is 0 Å². The smallest absolute Gasteiger partial charge is 0.317 e. The van der Waals surface area contributed by atoms with Crippen molar-refractivity contribution in [3.8, 4) is 0 Å². The summed E-state index contributed by atoms with van der Waals surface area (Å²) in [6.45, 7) is 6.97. The van der Waals surface area contributed by atoms with Gasteiger partial charge in [-0.2, -0.15) is 0 Å². The van der Waals surface area contributed by atoms with Crippen LogP contribution in [-0.4, -0.2) is 77.0 Å². The number of hydrogen-bond donors (Lipinski definition) is 1. The Morgan fingerprint density at radius 2 is 1.86 bits per heavy atom. The molecule has 1 saturated heterocycles. The van der Waals surface area contributed by atoms with E-state index in [1.54, 1.807) is 0 Å². The molecule has 0 bridgehead atoms. The summed E-state index contributed by atoms with van der Waals surface area (Å²) in [5.74, 6) is -0.631. The van der Waals surface area contributed by atoms with Gasteiger partial charge in [0.05, 0.1) is 13.1 Å². The lowest BCUT2D eigenvalue weighted by molar-refractivity contribution is -0.138. The average Bonchev–Trinajstić information content (AvgIpc) is 2.85. The van der Waals surface area contributed by atoms with Gasteiger partial charge in [-0.25, -0.2) is 0 Å². The number of nitrogens with zero attached hydrogens (tertiary/aromatic N) is 3. The van der Waals surface area contributed by atoms with E-state index in [2.05, 4.69) is 30.9 Å². The van der Waals surface area contributed by atoms with Gasteiger partial charge in [0, 0.05) is 25.2 Å². The normalized spacial score (nSPS) is 17.8. The number of halogens is 1. The largest absolute Gasteiger partial charge is 0.480 e. The number of hydrogen-bond acceptors (Lipinski definition) is 4. The van der Waals surface area contributed by atoms with E-state index in [0.29, 0.717) is 13.1 Å². The van der Waals surface area contributed by atoms with Crippen molar-refractivity contribution < 1.29 is 14.7 Å². The lowest BCUT2D eigenvalue weighted by Gasteiger charge is -2.30. The zero-order valence-corrected chi connectivity index (χ0v) is 18.0. The van der Waals surface area contributed by atoms with Crippen LogP contribution in [0.5, 0.6) is 0 Å². The van der Waals surface area contributed by atoms with Gasteiger partial charge in [-0.1, -0.05) is 30.3 Å². The first kappa shape index (κ1) is 24.4. The van der Waals surface area contributed by atoms with Gasteiger partial charge in [-0.3, -0.25) is 19.4 Å². The number of amides is 1. The molecule has 6 nitrogen and oxygen atoms in total. The number of likely N-dealkylation sites (N-methyl/N-ethyl adjacent to an activating group) is 1. The third-order valence-electron chi connectivity index (χ3n) is 5.30. The molecule has 1 aliphatic heterocycles. The Labute approximate surface area is 174 Å². The van der Waals surface area contributed by atoms with Crippen LogP contribution in [0.2, 0.25) is 0 Å². The van der Waals surface area contributed by atoms with Gasteiger partial charge in [0.1, 0.15) is 0 Å². The third kappa shape index (κ3) is 7.78. The molecular formula is C21H34ClN3O3. The minimum absolute atomic E-state index is 0. The van der Waals surface area contributed by atoms with E-state index in [1.165, 1.54) is 0 Å². The van der Waals surface area contributed by atoms with Crippen LogP contribution in [0, 0.1) is 0 Å². The molecule has 0 aromatic heterocycles. The number of carboxylic acid groups (broad SMARTS) is 1. The number of likely N-dealkylation sites (tertiary alicyclic amines) is 1. The molecule has 1 aromatic carbocycles. The van der Waals surface area contributed by atoms with Gasteiger partial charge in [0.2, 0.25) is 5.91 Å². The van der Waals surface area contributed by atoms with E-state index in [-0.39, 0.29) is 36.9 Å². The Hall–Kier alpha value is -1.63. The first-order valence-corrected chi connectivity index (χ1v) is 9.84. The Morgan fingerprint density at radius 1 is 1.18 bits per heavy atom. The predicted octanol–water partition coefficient (Wildman–Crippen LogP) is 2.72. The van der Waals surface area contributed by atoms with Crippen molar-refractivity contribution >= 4 is 24.3 Å². The Morgan fingerprint density at radius 3 is 2.46 bits per heavy atom. The van der Waals surface area contributed by atoms with Gasteiger partial charge in [-0.15, -0.1) is 12.4 Å². The highest BCUT2D eigenvalue weighted by Crippen LogP contribution is 2.16. The van der Waals surface area contributed by atoms with Crippen molar-refractivity contribution in [1.82, 2.24) is 14.7 Å². The summed E-state index contributed by atoms with van der Waals surface area (Å²) in [5.41, 5.74) is 1.14. The Balaban J connectivity index is 0.00000392. The van der Waals surface area contributed by atoms with Crippen LogP contribution in [0.15, 0.2) is 30.3 Å². The number of aliphatic carboxylic acids is 1. The molecule has 1 aromatic rings. The molecule has 1 fully saturated rings. The van der Waals surface area contributed by atoms with Crippen molar-refractivity contribution in [3.63, 3.8) is 0 Å². The van der Waals surface area contributed by atoms with Gasteiger partial charge >= 0.3 is 5.97 Å². The monoisotopic (exact) mass is 411 g/mol. The van der Waals surface area contributed by atoms with Crippen LogP contribution in [0.25, 0.3) is 0 Å². The number of carbonyl (C=O) groups is 2. The zero-order chi connectivity index (χ0) is 19.8. The Kier molecular flexibility index (Phi) is 10.5. The van der Waals surface area contributed by atoms with E-state index in [9.17, 15) is 9.59 Å². The molecule has 1 atom stereocenters. The fraction of sp³-hybridized carbons (Fsp3) is 0.619. The summed E-state index contributed by atoms with van der Waals surface area (Å²) in [4.78, 5) is 29.9. The highest BCUT2D eigenvalue weighted by Gasteiger charge is 2.25. The molecule has 0 spiro atoms. The first-order valence-electron chi connectivity index (χ1n) is 9.84. The SMILES string of the molecule is CC(C)N(Cc1ccccc1)C(=O)CN1CCCC(N(C)CC(=O)O)CC1.Cl. The van der Waals surface area contributed by atoms with Gasteiger partial charge in [0.15, 0.2) is 0 Å². The minimum Gasteiger partial charge on any atom is -0.480 e. The lowest BCUT2D eigenvalue weighted by Crippen LogP contribution is -2.44. The zero-order valence-electron chi connectivity index (χ0n) is 17.2. The molecule has 1 heterocycles. The van der Waals surface area contributed by atoms with Gasteiger partial charge in [-0.05, 0) is 52.3 Å². The molecule has 7 heteroatoms. The van der Waals surface area contributed by atoms with E-state index < -0.39 is 5.97 Å². The topological polar surface area (TPSA) is 64.1 Å². The lowest BCUT2D eigenvalue weighted by atomic mass is 10.1. The summed E-state index contributed by atoms with van der Waals surface area (Å²) in [6.07, 6.45) is 2.87. The molecule has 0 saturated carbocycles. The summed E-state index contributed by atoms with van der Waals surface area (Å²) in [5, 5.41) is 8.99. The number of carboxylic acids is 1. The highest BCUT2D eigenvalue weighted by molar-refractivity contribution is 5.85. The third-order valence-corrected chi connectivity index (χ3v) is 5.30. The summed E-state index contributed by atoms with van der Waals surface area (Å²) in [6, 6.07) is 10.5. The average molecular weight is 412 g/mol. The number of rotatable bonds is 8. The van der Waals surface area contributed by atoms with E-state index in [0.717, 1.165) is 37.9 Å². The van der Waals surface area contributed by atoms with Crippen molar-refractivity contribution in [2.75, 3.05) is 33.2 Å². The maximum atomic E-state index is 12.9. The van der Waals surface area contributed by atoms with Crippen LogP contribution in [0.1, 0.15) is 38.7 Å². The quantitative estimate of drug-likeness (QED) is 0.712. The maximum Gasteiger partial charge on any atom is 0.317 e. The van der Waals surface area contributed by atoms with Crippen LogP contribution in [0.4, 0.5) is 0 Å². The van der Waals surface area contributed by atoms with Crippen molar-refractivity contribution in [1.29, 1.82) is 0 Å². The second kappa shape index (κ2) is 12.0. The molecule has 1 amide bonds. The molecular weight excluding hydrogens is 378 g/mol. The highest BCUT2D eigenvalue weighted by atomic mass is 35.5. The van der Waals surface area contributed by atoms with Crippen molar-refractivity contribution in [3.05, 3.63) is 35.9 Å². The molecule has 0 radical (unpaired) electrons. The molecule has 2 rings (SSSR count). The predicted molar refractivity (Wildman–Crippen MR) is 114 cm³/mol. The molecule has 28 heavy (non-hydrogen) atoms. The van der Waals surface area contributed by atoms with Crippen LogP contribution in [-0.2, 0) is 16.1 Å². The number of carbonyl (C=O) groups excluding carboxylic acids is 1. The first-order chi connectivity index (χ1) is 12.9. The second-order valence-corrected chi connectivity index (χ2v) is 7.77. The summed E-state index contributed by atoms with van der Waals surface area (Å²) >= 11 is 0. The van der Waals surface area contributed by atoms with Crippen LogP contribution < -0.4 is 0 Å². The molecule has 0 aliphatic carbocycles. The van der Waals surface area contributed by atoms with Gasteiger partial charge in [0.25, 0.3) is 0 Å². The maximum absolute atomic E-state index is 12.9. The molecule has 1 aliphatic rings. The standard InChI is InChI=1S/C21H33N3O3.ClH/c1-17(2)24(14-18-8-5-4-6-9-18)20(25)15-23-12-7-10-19(11-13-23)22(3)16-21(26)27;/h4-6,8-9,17,19H,7,10-16H2,1-3H3,(H,26,27);1H. The minimum atomic E-state index is -0.790. The summed E-state index contributed by atoms with van der Waals surface area (Å²) in [7, 11) is 1.87. The molecule has 1 unspecified atom stereocenters. The van der Waals surface area contributed by atoms with Gasteiger partial charge < -0.3 is 10.0 Å².